The van der Waals surface area contributed by atoms with Crippen molar-refractivity contribution >= 4 is 15.9 Å². The van der Waals surface area contributed by atoms with E-state index in [1.807, 2.05) is 39.0 Å². The molecule has 1 amide bonds. The molecular weight excluding hydrogens is 366 g/mol. The summed E-state index contributed by atoms with van der Waals surface area (Å²) < 4.78 is 26.8. The summed E-state index contributed by atoms with van der Waals surface area (Å²) in [6, 6.07) is 5.79. The Morgan fingerprint density at radius 2 is 2.11 bits per heavy atom. The van der Waals surface area contributed by atoms with Crippen molar-refractivity contribution in [3.63, 3.8) is 0 Å². The zero-order chi connectivity index (χ0) is 19.8. The zero-order valence-corrected chi connectivity index (χ0v) is 16.9. The largest absolute Gasteiger partial charge is 0.348 e. The summed E-state index contributed by atoms with van der Waals surface area (Å²) >= 11 is 0. The fourth-order valence-corrected chi connectivity index (χ4v) is 4.00. The number of benzene rings is 1. The van der Waals surface area contributed by atoms with Gasteiger partial charge >= 0.3 is 0 Å². The Kier molecular flexibility index (Phi) is 5.34. The molecule has 2 heterocycles. The lowest BCUT2D eigenvalue weighted by molar-refractivity contribution is 0.0933. The summed E-state index contributed by atoms with van der Waals surface area (Å²) in [4.78, 5) is 12.4. The summed E-state index contributed by atoms with van der Waals surface area (Å²) in [5, 5.41) is 11.2. The van der Waals surface area contributed by atoms with Gasteiger partial charge in [0.05, 0.1) is 17.6 Å². The normalized spacial score (nSPS) is 16.0. The smallest absolute Gasteiger partial charge is 0.273 e. The fraction of sp³-hybridized carbons (Fsp3) is 0.500. The molecule has 0 bridgehead atoms. The molecule has 0 aliphatic carbocycles. The van der Waals surface area contributed by atoms with E-state index in [0.717, 1.165) is 23.2 Å². The first kappa shape index (κ1) is 19.5. The summed E-state index contributed by atoms with van der Waals surface area (Å²) in [6.07, 6.45) is 2.65. The SMILES string of the molecule is CC[C@@H](C)NC(=O)c1nnn(-c2cccc3c2CCN(S(C)(=O)=O)C3)c1C. The van der Waals surface area contributed by atoms with Crippen LogP contribution in [0.4, 0.5) is 0 Å². The first-order valence-electron chi connectivity index (χ1n) is 9.01. The Bertz CT molecular complexity index is 967. The number of hydrogen-bond acceptors (Lipinski definition) is 5. The van der Waals surface area contributed by atoms with E-state index in [-0.39, 0.29) is 11.9 Å². The molecule has 1 aromatic heterocycles. The van der Waals surface area contributed by atoms with E-state index in [0.29, 0.717) is 30.9 Å². The molecule has 0 fully saturated rings. The molecular formula is C18H25N5O3S. The average molecular weight is 391 g/mol. The van der Waals surface area contributed by atoms with Crippen LogP contribution in [0.25, 0.3) is 5.69 Å². The standard InChI is InChI=1S/C18H25N5O3S/c1-5-12(2)19-18(24)17-13(3)23(21-20-17)16-8-6-7-14-11-22(27(4,25)26)10-9-15(14)16/h6-8,12H,5,9-11H2,1-4H3,(H,19,24)/t12-/m1/s1. The van der Waals surface area contributed by atoms with Gasteiger partial charge in [-0.15, -0.1) is 5.10 Å². The van der Waals surface area contributed by atoms with Gasteiger partial charge in [-0.1, -0.05) is 24.3 Å². The van der Waals surface area contributed by atoms with Crippen molar-refractivity contribution in [1.29, 1.82) is 0 Å². The molecule has 1 atom stereocenters. The molecule has 0 saturated carbocycles. The minimum absolute atomic E-state index is 0.0634. The maximum absolute atomic E-state index is 12.4. The number of amides is 1. The minimum Gasteiger partial charge on any atom is -0.348 e. The fourth-order valence-electron chi connectivity index (χ4n) is 3.21. The topological polar surface area (TPSA) is 97.2 Å². The molecule has 9 heteroatoms. The van der Waals surface area contributed by atoms with E-state index in [9.17, 15) is 13.2 Å². The Balaban J connectivity index is 1.94. The highest BCUT2D eigenvalue weighted by Gasteiger charge is 2.26. The van der Waals surface area contributed by atoms with E-state index in [1.54, 1.807) is 4.68 Å². The Morgan fingerprint density at radius 3 is 2.78 bits per heavy atom. The Labute approximate surface area is 159 Å². The van der Waals surface area contributed by atoms with E-state index in [4.69, 9.17) is 0 Å². The van der Waals surface area contributed by atoms with Crippen LogP contribution in [0.5, 0.6) is 0 Å². The lowest BCUT2D eigenvalue weighted by atomic mass is 9.99. The Morgan fingerprint density at radius 1 is 1.37 bits per heavy atom. The van der Waals surface area contributed by atoms with E-state index >= 15 is 0 Å². The highest BCUT2D eigenvalue weighted by Crippen LogP contribution is 2.27. The molecule has 0 spiro atoms. The van der Waals surface area contributed by atoms with Crippen LogP contribution in [0.2, 0.25) is 0 Å². The predicted octanol–water partition coefficient (Wildman–Crippen LogP) is 1.42. The number of nitrogens with one attached hydrogen (secondary N) is 1. The van der Waals surface area contributed by atoms with Crippen LogP contribution in [-0.2, 0) is 23.0 Å². The van der Waals surface area contributed by atoms with Crippen molar-refractivity contribution < 1.29 is 13.2 Å². The van der Waals surface area contributed by atoms with Crippen LogP contribution >= 0.6 is 0 Å². The van der Waals surface area contributed by atoms with Gasteiger partial charge in [0.25, 0.3) is 5.91 Å². The van der Waals surface area contributed by atoms with Crippen LogP contribution in [0.1, 0.15) is 47.6 Å². The number of hydrogen-bond donors (Lipinski definition) is 1. The van der Waals surface area contributed by atoms with Crippen molar-refractivity contribution in [2.75, 3.05) is 12.8 Å². The lowest BCUT2D eigenvalue weighted by Gasteiger charge is -2.28. The summed E-state index contributed by atoms with van der Waals surface area (Å²) in [6.45, 7) is 6.54. The van der Waals surface area contributed by atoms with Gasteiger partial charge < -0.3 is 5.32 Å². The first-order chi connectivity index (χ1) is 12.7. The van der Waals surface area contributed by atoms with Crippen LogP contribution in [-0.4, -0.2) is 52.5 Å². The number of carbonyl (C=O) groups excluding carboxylic acids is 1. The minimum atomic E-state index is -3.23. The van der Waals surface area contributed by atoms with Crippen LogP contribution in [0.3, 0.4) is 0 Å². The van der Waals surface area contributed by atoms with E-state index in [1.165, 1.54) is 10.6 Å². The average Bonchev–Trinajstić information content (AvgIpc) is 3.01. The molecule has 1 aliphatic heterocycles. The molecule has 146 valence electrons. The molecule has 8 nitrogen and oxygen atoms in total. The highest BCUT2D eigenvalue weighted by molar-refractivity contribution is 7.88. The molecule has 3 rings (SSSR count). The van der Waals surface area contributed by atoms with Crippen LogP contribution in [0, 0.1) is 6.92 Å². The third kappa shape index (κ3) is 3.89. The van der Waals surface area contributed by atoms with E-state index in [2.05, 4.69) is 15.6 Å². The molecule has 0 radical (unpaired) electrons. The van der Waals surface area contributed by atoms with Crippen molar-refractivity contribution in [3.8, 4) is 5.69 Å². The summed E-state index contributed by atoms with van der Waals surface area (Å²) in [5.74, 6) is -0.235. The lowest BCUT2D eigenvalue weighted by Crippen LogP contribution is -2.35. The summed E-state index contributed by atoms with van der Waals surface area (Å²) in [7, 11) is -3.23. The van der Waals surface area contributed by atoms with Gasteiger partial charge in [0.2, 0.25) is 10.0 Å². The van der Waals surface area contributed by atoms with Crippen molar-refractivity contribution in [2.45, 2.75) is 46.2 Å². The predicted molar refractivity (Wildman–Crippen MR) is 102 cm³/mol. The second kappa shape index (κ2) is 7.40. The highest BCUT2D eigenvalue weighted by atomic mass is 32.2. The van der Waals surface area contributed by atoms with Crippen molar-refractivity contribution in [1.82, 2.24) is 24.6 Å². The number of aromatic nitrogens is 3. The van der Waals surface area contributed by atoms with E-state index < -0.39 is 10.0 Å². The maximum Gasteiger partial charge on any atom is 0.273 e. The van der Waals surface area contributed by atoms with Crippen LogP contribution < -0.4 is 5.32 Å². The van der Waals surface area contributed by atoms with Gasteiger partial charge in [-0.25, -0.2) is 13.1 Å². The molecule has 2 aromatic rings. The van der Waals surface area contributed by atoms with Crippen molar-refractivity contribution in [2.24, 2.45) is 0 Å². The number of rotatable bonds is 5. The third-order valence-electron chi connectivity index (χ3n) is 5.00. The monoisotopic (exact) mass is 391 g/mol. The van der Waals surface area contributed by atoms with Gasteiger partial charge in [0.15, 0.2) is 5.69 Å². The van der Waals surface area contributed by atoms with Gasteiger partial charge in [0.1, 0.15) is 0 Å². The molecule has 0 unspecified atom stereocenters. The number of carbonyl (C=O) groups is 1. The maximum atomic E-state index is 12.4. The number of nitrogens with zero attached hydrogens (tertiary/aromatic N) is 4. The van der Waals surface area contributed by atoms with Gasteiger partial charge in [-0.2, -0.15) is 4.31 Å². The molecule has 0 saturated heterocycles. The van der Waals surface area contributed by atoms with Gasteiger partial charge in [-0.3, -0.25) is 4.79 Å². The van der Waals surface area contributed by atoms with Crippen LogP contribution in [0.15, 0.2) is 18.2 Å². The third-order valence-corrected chi connectivity index (χ3v) is 6.25. The number of fused-ring (bicyclic) bond motifs is 1. The first-order valence-corrected chi connectivity index (χ1v) is 10.9. The van der Waals surface area contributed by atoms with Crippen molar-refractivity contribution in [3.05, 3.63) is 40.7 Å². The Hall–Kier alpha value is -2.26. The molecule has 27 heavy (non-hydrogen) atoms. The zero-order valence-electron chi connectivity index (χ0n) is 16.1. The van der Waals surface area contributed by atoms with Gasteiger partial charge in [0, 0.05) is 19.1 Å². The van der Waals surface area contributed by atoms with Gasteiger partial charge in [-0.05, 0) is 43.9 Å². The molecule has 1 N–H and O–H groups in total. The second-order valence-corrected chi connectivity index (χ2v) is 8.96. The molecule has 1 aromatic carbocycles. The second-order valence-electron chi connectivity index (χ2n) is 6.98. The number of sulfonamides is 1. The summed E-state index contributed by atoms with van der Waals surface area (Å²) in [5.41, 5.74) is 3.80. The molecule has 1 aliphatic rings. The quantitative estimate of drug-likeness (QED) is 0.831.